The topological polar surface area (TPSA) is 64.6 Å². The summed E-state index contributed by atoms with van der Waals surface area (Å²) in [6.45, 7) is 7.32. The van der Waals surface area contributed by atoms with Gasteiger partial charge in [0, 0.05) is 59.0 Å². The molecule has 172 valence electrons. The maximum atomic E-state index is 12.7. The Morgan fingerprint density at radius 3 is 2.69 bits per heavy atom. The number of likely N-dealkylation sites (tertiary alicyclic amines) is 1. The molecule has 1 amide bonds. The van der Waals surface area contributed by atoms with E-state index in [-0.39, 0.29) is 11.6 Å². The van der Waals surface area contributed by atoms with Gasteiger partial charge in [-0.05, 0) is 70.0 Å². The Hall–Kier alpha value is -2.51. The number of carbonyl (C=O) groups is 1. The highest BCUT2D eigenvalue weighted by Gasteiger charge is 2.28. The molecule has 32 heavy (non-hydrogen) atoms. The first-order chi connectivity index (χ1) is 16.4. The van der Waals surface area contributed by atoms with E-state index in [0.717, 1.165) is 39.0 Å². The van der Waals surface area contributed by atoms with Crippen molar-refractivity contribution >= 4 is 17.4 Å². The number of rotatable bonds is 6. The summed E-state index contributed by atoms with van der Waals surface area (Å²) < 4.78 is 17.5. The molecule has 1 N–H and O–H groups in total. The molecule has 2 fully saturated rings. The van der Waals surface area contributed by atoms with Gasteiger partial charge in [0.15, 0.2) is 0 Å². The van der Waals surface area contributed by atoms with Crippen molar-refractivity contribution in [2.75, 3.05) is 49.4 Å². The SMILES string of the molecule is [2H]C1([2H])CCN(C2CCN([C@H](C)CC)CC2)CCN1c1cccc(C(=O)Nc2ccncc2)n1. The fourth-order valence-corrected chi connectivity index (χ4v) is 4.59. The predicted molar refractivity (Wildman–Crippen MR) is 129 cm³/mol. The highest BCUT2D eigenvalue weighted by molar-refractivity contribution is 6.03. The fraction of sp³-hybridized carbons (Fsp3) is 0.560. The number of amides is 1. The first-order valence-electron chi connectivity index (χ1n) is 12.8. The van der Waals surface area contributed by atoms with E-state index in [1.54, 1.807) is 47.6 Å². The van der Waals surface area contributed by atoms with Crippen LogP contribution in [0.3, 0.4) is 0 Å². The zero-order chi connectivity index (χ0) is 24.1. The second-order valence-electron chi connectivity index (χ2n) is 8.69. The van der Waals surface area contributed by atoms with Crippen molar-refractivity contribution in [1.82, 2.24) is 19.8 Å². The van der Waals surface area contributed by atoms with Crippen LogP contribution in [0.1, 0.15) is 52.8 Å². The quantitative estimate of drug-likeness (QED) is 0.745. The van der Waals surface area contributed by atoms with Crippen molar-refractivity contribution in [3.63, 3.8) is 0 Å². The third-order valence-electron chi connectivity index (χ3n) is 6.72. The van der Waals surface area contributed by atoms with Crippen molar-refractivity contribution < 1.29 is 7.54 Å². The summed E-state index contributed by atoms with van der Waals surface area (Å²) in [6.07, 6.45) is 7.09. The highest BCUT2D eigenvalue weighted by atomic mass is 16.1. The summed E-state index contributed by atoms with van der Waals surface area (Å²) in [5.74, 6) is 0.180. The number of hydrogen-bond donors (Lipinski definition) is 1. The Morgan fingerprint density at radius 2 is 1.94 bits per heavy atom. The van der Waals surface area contributed by atoms with Crippen LogP contribution >= 0.6 is 0 Å². The van der Waals surface area contributed by atoms with Crippen LogP contribution in [0, 0.1) is 0 Å². The molecule has 0 aromatic carbocycles. The van der Waals surface area contributed by atoms with Crippen molar-refractivity contribution in [3.05, 3.63) is 48.4 Å². The minimum Gasteiger partial charge on any atom is -0.355 e. The molecule has 7 nitrogen and oxygen atoms in total. The third kappa shape index (κ3) is 5.64. The van der Waals surface area contributed by atoms with Crippen LogP contribution in [0.5, 0.6) is 0 Å². The van der Waals surface area contributed by atoms with Gasteiger partial charge in [-0.25, -0.2) is 4.98 Å². The van der Waals surface area contributed by atoms with E-state index in [1.807, 2.05) is 0 Å². The van der Waals surface area contributed by atoms with E-state index >= 15 is 0 Å². The van der Waals surface area contributed by atoms with Crippen LogP contribution in [0.15, 0.2) is 42.7 Å². The van der Waals surface area contributed by atoms with E-state index in [2.05, 4.69) is 38.9 Å². The van der Waals surface area contributed by atoms with E-state index in [0.29, 0.717) is 36.6 Å². The van der Waals surface area contributed by atoms with Gasteiger partial charge >= 0.3 is 0 Å². The lowest BCUT2D eigenvalue weighted by Gasteiger charge is -2.40. The Bertz CT molecular complexity index is 951. The number of aromatic nitrogens is 2. The van der Waals surface area contributed by atoms with Crippen LogP contribution in [0.25, 0.3) is 0 Å². The lowest BCUT2D eigenvalue weighted by Crippen LogP contribution is -2.48. The van der Waals surface area contributed by atoms with Gasteiger partial charge in [0.05, 0.1) is 0 Å². The minimum absolute atomic E-state index is 0.267. The lowest BCUT2D eigenvalue weighted by molar-refractivity contribution is 0.0906. The molecule has 0 unspecified atom stereocenters. The molecule has 2 aromatic rings. The van der Waals surface area contributed by atoms with Crippen molar-refractivity contribution in [2.24, 2.45) is 0 Å². The Morgan fingerprint density at radius 1 is 1.16 bits per heavy atom. The molecule has 0 spiro atoms. The van der Waals surface area contributed by atoms with Gasteiger partial charge in [0.25, 0.3) is 5.91 Å². The predicted octanol–water partition coefficient (Wildman–Crippen LogP) is 3.50. The van der Waals surface area contributed by atoms with Crippen LogP contribution in [0.4, 0.5) is 11.5 Å². The van der Waals surface area contributed by atoms with Crippen LogP contribution < -0.4 is 10.2 Å². The zero-order valence-corrected chi connectivity index (χ0v) is 19.2. The van der Waals surface area contributed by atoms with Gasteiger partial charge in [-0.2, -0.15) is 0 Å². The second-order valence-corrected chi connectivity index (χ2v) is 8.69. The number of hydrogen-bond acceptors (Lipinski definition) is 6. The first-order valence-corrected chi connectivity index (χ1v) is 11.8. The molecule has 2 aliphatic heterocycles. The average molecular weight is 439 g/mol. The largest absolute Gasteiger partial charge is 0.355 e. The van der Waals surface area contributed by atoms with Crippen LogP contribution in [0.2, 0.25) is 0 Å². The highest BCUT2D eigenvalue weighted by Crippen LogP contribution is 2.22. The standard InChI is InChI=1S/C25H36N6O/c1-3-20(2)29-16-10-22(11-17-29)30-14-5-15-31(19-18-30)24-7-4-6-23(28-24)25(32)27-21-8-12-26-13-9-21/h4,6-9,12-13,20,22H,3,5,10-11,14-19H2,1-2H3,(H,26,27,32)/t20-/m1/s1/i15D2. The van der Waals surface area contributed by atoms with E-state index in [9.17, 15) is 4.79 Å². The molecule has 2 aromatic heterocycles. The maximum Gasteiger partial charge on any atom is 0.274 e. The Kier molecular flexibility index (Phi) is 6.84. The molecular formula is C25H36N6O. The average Bonchev–Trinajstić information content (AvgIpc) is 3.02. The normalized spacial score (nSPS) is 22.5. The van der Waals surface area contributed by atoms with Crippen LogP contribution in [-0.2, 0) is 0 Å². The fourth-order valence-electron chi connectivity index (χ4n) is 4.59. The van der Waals surface area contributed by atoms with Crippen molar-refractivity contribution in [3.8, 4) is 0 Å². The number of anilines is 2. The smallest absolute Gasteiger partial charge is 0.274 e. The van der Waals surface area contributed by atoms with E-state index < -0.39 is 6.50 Å². The molecule has 2 aliphatic rings. The molecule has 0 bridgehead atoms. The molecule has 2 saturated heterocycles. The summed E-state index contributed by atoms with van der Waals surface area (Å²) in [6, 6.07) is 9.79. The van der Waals surface area contributed by atoms with Gasteiger partial charge in [-0.15, -0.1) is 0 Å². The molecule has 0 radical (unpaired) electrons. The molecule has 1 atom stereocenters. The molecule has 7 heteroatoms. The van der Waals surface area contributed by atoms with Gasteiger partial charge in [0.1, 0.15) is 11.5 Å². The first kappa shape index (κ1) is 20.1. The summed E-state index contributed by atoms with van der Waals surface area (Å²) in [7, 11) is 0. The van der Waals surface area contributed by atoms with Gasteiger partial charge < -0.3 is 15.1 Å². The second kappa shape index (κ2) is 10.9. The number of pyridine rings is 2. The third-order valence-corrected chi connectivity index (χ3v) is 6.72. The maximum absolute atomic E-state index is 12.7. The van der Waals surface area contributed by atoms with Crippen molar-refractivity contribution in [2.45, 2.75) is 51.6 Å². The summed E-state index contributed by atoms with van der Waals surface area (Å²) >= 11 is 0. The molecule has 0 saturated carbocycles. The Balaban J connectivity index is 1.42. The zero-order valence-electron chi connectivity index (χ0n) is 21.2. The van der Waals surface area contributed by atoms with E-state index in [4.69, 9.17) is 2.74 Å². The number of nitrogens with zero attached hydrogens (tertiary/aromatic N) is 5. The van der Waals surface area contributed by atoms with Crippen molar-refractivity contribution in [1.29, 1.82) is 0 Å². The summed E-state index contributed by atoms with van der Waals surface area (Å²) in [4.78, 5) is 28.0. The van der Waals surface area contributed by atoms with Gasteiger partial charge in [-0.1, -0.05) is 13.0 Å². The number of carbonyl (C=O) groups excluding carboxylic acids is 1. The minimum atomic E-state index is -1.53. The number of nitrogens with one attached hydrogen (secondary N) is 1. The van der Waals surface area contributed by atoms with Crippen LogP contribution in [-0.4, -0.2) is 77.0 Å². The monoisotopic (exact) mass is 438 g/mol. The Labute approximate surface area is 194 Å². The molecule has 0 aliphatic carbocycles. The lowest BCUT2D eigenvalue weighted by atomic mass is 10.0. The van der Waals surface area contributed by atoms with E-state index in [1.165, 1.54) is 6.42 Å². The number of piperidine rings is 1. The molecule has 4 heterocycles. The van der Waals surface area contributed by atoms with Gasteiger partial charge in [0.2, 0.25) is 0 Å². The summed E-state index contributed by atoms with van der Waals surface area (Å²) in [5.41, 5.74) is 0.913. The molecular weight excluding hydrogens is 400 g/mol. The summed E-state index contributed by atoms with van der Waals surface area (Å²) in [5, 5.41) is 2.82. The van der Waals surface area contributed by atoms with Gasteiger partial charge in [-0.3, -0.25) is 14.7 Å². The molecule has 4 rings (SSSR count).